The molecule has 2 atom stereocenters. The molecule has 0 aliphatic carbocycles. The number of benzene rings is 1. The maximum atomic E-state index is 12.8. The second-order valence-electron chi connectivity index (χ2n) is 7.34. The van der Waals surface area contributed by atoms with Crippen molar-refractivity contribution in [2.45, 2.75) is 26.3 Å². The lowest BCUT2D eigenvalue weighted by atomic mass is 9.94. The Balaban J connectivity index is 2.04. The third-order valence-corrected chi connectivity index (χ3v) is 5.13. The molecule has 1 aliphatic rings. The molecule has 6 N–H and O–H groups in total. The van der Waals surface area contributed by atoms with E-state index in [9.17, 15) is 19.2 Å². The van der Waals surface area contributed by atoms with E-state index in [1.165, 1.54) is 21.9 Å². The van der Waals surface area contributed by atoms with E-state index in [0.29, 0.717) is 17.7 Å². The second kappa shape index (κ2) is 10.4. The first-order valence-corrected chi connectivity index (χ1v) is 9.92. The molecular weight excluding hydrogens is 404 g/mol. The molecule has 11 nitrogen and oxygen atoms in total. The van der Waals surface area contributed by atoms with Crippen LogP contribution in [0.2, 0.25) is 0 Å². The van der Waals surface area contributed by atoms with Gasteiger partial charge in [-0.15, -0.1) is 0 Å². The standard InChI is InChI=1S/C20H28N6O5/c1-3-12(2)17-19(31)25(11-16(28)29)8-9-26(17)15(27)10-23-18(30)13-4-6-14(7-5-13)24-20(21)22/h4-7,12,17H,3,8-11H2,1-2H3,(H,23,30)(H,28,29)(H4,21,22,24)/t12?,17-/m0/s1. The summed E-state index contributed by atoms with van der Waals surface area (Å²) in [6, 6.07) is 5.42. The second-order valence-corrected chi connectivity index (χ2v) is 7.34. The van der Waals surface area contributed by atoms with Gasteiger partial charge in [0.05, 0.1) is 12.2 Å². The highest BCUT2D eigenvalue weighted by Gasteiger charge is 2.40. The minimum Gasteiger partial charge on any atom is -0.480 e. The molecule has 1 heterocycles. The summed E-state index contributed by atoms with van der Waals surface area (Å²) in [5.74, 6) is -2.62. The molecule has 1 fully saturated rings. The van der Waals surface area contributed by atoms with Crippen LogP contribution in [0.4, 0.5) is 5.69 Å². The summed E-state index contributed by atoms with van der Waals surface area (Å²) in [6.45, 7) is 3.38. The van der Waals surface area contributed by atoms with E-state index in [-0.39, 0.29) is 31.5 Å². The number of aliphatic carboxylic acids is 1. The molecule has 0 aromatic heterocycles. The molecule has 1 aromatic rings. The van der Waals surface area contributed by atoms with Crippen LogP contribution in [-0.4, -0.2) is 76.8 Å². The van der Waals surface area contributed by atoms with Crippen LogP contribution in [0.15, 0.2) is 29.3 Å². The lowest BCUT2D eigenvalue weighted by molar-refractivity contribution is -0.157. The van der Waals surface area contributed by atoms with Gasteiger partial charge < -0.3 is 31.7 Å². The SMILES string of the molecule is CCC(C)[C@H]1C(=O)N(CC(=O)O)CCN1C(=O)CNC(=O)c1ccc(N=C(N)N)cc1. The van der Waals surface area contributed by atoms with Crippen LogP contribution < -0.4 is 16.8 Å². The molecule has 168 valence electrons. The fourth-order valence-corrected chi connectivity index (χ4v) is 3.37. The number of carboxylic acid groups (broad SMARTS) is 1. The van der Waals surface area contributed by atoms with Crippen molar-refractivity contribution in [3.63, 3.8) is 0 Å². The summed E-state index contributed by atoms with van der Waals surface area (Å²) < 4.78 is 0. The van der Waals surface area contributed by atoms with Crippen molar-refractivity contribution < 1.29 is 24.3 Å². The van der Waals surface area contributed by atoms with Gasteiger partial charge in [-0.25, -0.2) is 4.99 Å². The Bertz CT molecular complexity index is 865. The van der Waals surface area contributed by atoms with Crippen molar-refractivity contribution in [3.8, 4) is 0 Å². The highest BCUT2D eigenvalue weighted by molar-refractivity contribution is 5.98. The van der Waals surface area contributed by atoms with Crippen LogP contribution >= 0.6 is 0 Å². The van der Waals surface area contributed by atoms with Crippen LogP contribution in [0.5, 0.6) is 0 Å². The zero-order valence-electron chi connectivity index (χ0n) is 17.6. The minimum atomic E-state index is -1.10. The van der Waals surface area contributed by atoms with Gasteiger partial charge in [0.25, 0.3) is 5.91 Å². The normalized spacial score (nSPS) is 17.1. The van der Waals surface area contributed by atoms with Crippen molar-refractivity contribution in [3.05, 3.63) is 29.8 Å². The number of guanidine groups is 1. The summed E-state index contributed by atoms with van der Waals surface area (Å²) >= 11 is 0. The third kappa shape index (κ3) is 6.17. The van der Waals surface area contributed by atoms with Gasteiger partial charge in [0, 0.05) is 18.7 Å². The van der Waals surface area contributed by atoms with Crippen molar-refractivity contribution >= 4 is 35.3 Å². The van der Waals surface area contributed by atoms with E-state index in [0.717, 1.165) is 0 Å². The summed E-state index contributed by atoms with van der Waals surface area (Å²) in [7, 11) is 0. The van der Waals surface area contributed by atoms with Crippen LogP contribution in [-0.2, 0) is 14.4 Å². The van der Waals surface area contributed by atoms with Crippen LogP contribution in [0.3, 0.4) is 0 Å². The summed E-state index contributed by atoms with van der Waals surface area (Å²) in [5, 5.41) is 11.6. The Hall–Kier alpha value is -3.63. The first-order valence-electron chi connectivity index (χ1n) is 9.92. The lowest BCUT2D eigenvalue weighted by Crippen LogP contribution is -2.62. The van der Waals surface area contributed by atoms with Crippen LogP contribution in [0, 0.1) is 5.92 Å². The predicted octanol–water partition coefficient (Wildman–Crippen LogP) is -0.509. The van der Waals surface area contributed by atoms with Crippen LogP contribution in [0.1, 0.15) is 30.6 Å². The van der Waals surface area contributed by atoms with Crippen LogP contribution in [0.25, 0.3) is 0 Å². The molecular formula is C20H28N6O5. The fourth-order valence-electron chi connectivity index (χ4n) is 3.37. The Morgan fingerprint density at radius 3 is 2.42 bits per heavy atom. The highest BCUT2D eigenvalue weighted by Crippen LogP contribution is 2.21. The van der Waals surface area contributed by atoms with Crippen molar-refractivity contribution in [2.24, 2.45) is 22.4 Å². The lowest BCUT2D eigenvalue weighted by Gasteiger charge is -2.42. The van der Waals surface area contributed by atoms with Gasteiger partial charge in [0.15, 0.2) is 5.96 Å². The topological polar surface area (TPSA) is 171 Å². The number of carboxylic acids is 1. The zero-order chi connectivity index (χ0) is 23.1. The molecule has 2 rings (SSSR count). The van der Waals surface area contributed by atoms with Gasteiger partial charge in [0.2, 0.25) is 11.8 Å². The first kappa shape index (κ1) is 23.6. The average Bonchev–Trinajstić information content (AvgIpc) is 2.72. The van der Waals surface area contributed by atoms with Gasteiger partial charge in [-0.2, -0.15) is 0 Å². The molecule has 1 aliphatic heterocycles. The molecule has 1 unspecified atom stereocenters. The third-order valence-electron chi connectivity index (χ3n) is 5.13. The molecule has 1 saturated heterocycles. The Kier molecular flexibility index (Phi) is 7.94. The maximum Gasteiger partial charge on any atom is 0.323 e. The number of nitrogens with one attached hydrogen (secondary N) is 1. The van der Waals surface area contributed by atoms with Gasteiger partial charge in [-0.05, 0) is 30.2 Å². The molecule has 0 bridgehead atoms. The summed E-state index contributed by atoms with van der Waals surface area (Å²) in [4.78, 5) is 55.5. The maximum absolute atomic E-state index is 12.8. The number of piperazine rings is 1. The number of carbonyl (C=O) groups excluding carboxylic acids is 3. The van der Waals surface area contributed by atoms with E-state index in [2.05, 4.69) is 10.3 Å². The quantitative estimate of drug-likeness (QED) is 0.316. The number of hydrogen-bond acceptors (Lipinski definition) is 5. The van der Waals surface area contributed by atoms with Gasteiger partial charge in [-0.3, -0.25) is 19.2 Å². The number of rotatable bonds is 8. The van der Waals surface area contributed by atoms with Gasteiger partial charge in [-0.1, -0.05) is 20.3 Å². The van der Waals surface area contributed by atoms with Gasteiger partial charge >= 0.3 is 5.97 Å². The summed E-state index contributed by atoms with van der Waals surface area (Å²) in [6.07, 6.45) is 0.635. The number of amides is 3. The summed E-state index contributed by atoms with van der Waals surface area (Å²) in [5.41, 5.74) is 11.4. The van der Waals surface area contributed by atoms with E-state index in [1.807, 2.05) is 13.8 Å². The molecule has 31 heavy (non-hydrogen) atoms. The van der Waals surface area contributed by atoms with E-state index >= 15 is 0 Å². The zero-order valence-corrected chi connectivity index (χ0v) is 17.6. The Morgan fingerprint density at radius 1 is 1.23 bits per heavy atom. The number of nitrogens with zero attached hydrogens (tertiary/aromatic N) is 3. The molecule has 0 saturated carbocycles. The minimum absolute atomic E-state index is 0.100. The molecule has 3 amide bonds. The van der Waals surface area contributed by atoms with Crippen molar-refractivity contribution in [1.82, 2.24) is 15.1 Å². The van der Waals surface area contributed by atoms with Gasteiger partial charge in [0.1, 0.15) is 12.6 Å². The molecule has 0 radical (unpaired) electrons. The first-order chi connectivity index (χ1) is 14.6. The highest BCUT2D eigenvalue weighted by atomic mass is 16.4. The van der Waals surface area contributed by atoms with E-state index in [4.69, 9.17) is 16.6 Å². The largest absolute Gasteiger partial charge is 0.480 e. The van der Waals surface area contributed by atoms with Crippen molar-refractivity contribution in [1.29, 1.82) is 0 Å². The average molecular weight is 432 g/mol. The molecule has 0 spiro atoms. The Labute approximate surface area is 180 Å². The monoisotopic (exact) mass is 432 g/mol. The van der Waals surface area contributed by atoms with Crippen molar-refractivity contribution in [2.75, 3.05) is 26.2 Å². The Morgan fingerprint density at radius 2 is 1.87 bits per heavy atom. The molecule has 11 heteroatoms. The number of aliphatic imine (C=N–C) groups is 1. The predicted molar refractivity (Wildman–Crippen MR) is 113 cm³/mol. The number of nitrogens with two attached hydrogens (primary N) is 2. The number of carbonyl (C=O) groups is 4. The molecule has 1 aromatic carbocycles. The number of hydrogen-bond donors (Lipinski definition) is 4. The fraction of sp³-hybridized carbons (Fsp3) is 0.450. The van der Waals surface area contributed by atoms with E-state index in [1.54, 1.807) is 12.1 Å². The van der Waals surface area contributed by atoms with E-state index < -0.39 is 36.3 Å². The smallest absolute Gasteiger partial charge is 0.323 e.